The van der Waals surface area contributed by atoms with Gasteiger partial charge < -0.3 is 4.42 Å². The molecule has 3 rings (SSSR count). The minimum atomic E-state index is -0.446. The second kappa shape index (κ2) is 6.63. The fourth-order valence-electron chi connectivity index (χ4n) is 2.36. The summed E-state index contributed by atoms with van der Waals surface area (Å²) in [6.45, 7) is 0. The summed E-state index contributed by atoms with van der Waals surface area (Å²) in [4.78, 5) is 10.7. The van der Waals surface area contributed by atoms with Crippen LogP contribution in [0.4, 0.5) is 5.69 Å². The zero-order valence-electron chi connectivity index (χ0n) is 12.5. The fourth-order valence-corrected chi connectivity index (χ4v) is 2.36. The van der Waals surface area contributed by atoms with Gasteiger partial charge in [0, 0.05) is 6.07 Å². The first-order valence-corrected chi connectivity index (χ1v) is 7.20. The van der Waals surface area contributed by atoms with Crippen molar-refractivity contribution in [2.45, 2.75) is 0 Å². The molecule has 0 fully saturated rings. The average molecular weight is 316 g/mol. The Kier molecular flexibility index (Phi) is 4.21. The van der Waals surface area contributed by atoms with Crippen LogP contribution in [0.2, 0.25) is 0 Å². The summed E-state index contributed by atoms with van der Waals surface area (Å²) in [5, 5.41) is 20.5. The van der Waals surface area contributed by atoms with Gasteiger partial charge in [0.25, 0.3) is 5.69 Å². The number of rotatable bonds is 4. The van der Waals surface area contributed by atoms with E-state index < -0.39 is 4.92 Å². The third kappa shape index (κ3) is 3.08. The highest BCUT2D eigenvalue weighted by Crippen LogP contribution is 2.31. The molecule has 0 spiro atoms. The molecule has 0 amide bonds. The zero-order chi connectivity index (χ0) is 16.9. The lowest BCUT2D eigenvalue weighted by Gasteiger charge is -1.99. The molecule has 5 heteroatoms. The van der Waals surface area contributed by atoms with E-state index in [1.807, 2.05) is 30.3 Å². The molecule has 0 bridgehead atoms. The van der Waals surface area contributed by atoms with E-state index in [4.69, 9.17) is 4.42 Å². The molecule has 0 aliphatic heterocycles. The first-order chi connectivity index (χ1) is 11.7. The number of hydrogen-bond acceptors (Lipinski definition) is 4. The maximum absolute atomic E-state index is 11.1. The molecule has 116 valence electrons. The van der Waals surface area contributed by atoms with Crippen LogP contribution < -0.4 is 0 Å². The van der Waals surface area contributed by atoms with Gasteiger partial charge in [-0.15, -0.1) is 0 Å². The van der Waals surface area contributed by atoms with Crippen molar-refractivity contribution in [3.8, 4) is 17.4 Å². The van der Waals surface area contributed by atoms with Crippen molar-refractivity contribution < 1.29 is 9.34 Å². The molecule has 0 aliphatic carbocycles. The Morgan fingerprint density at radius 3 is 2.46 bits per heavy atom. The van der Waals surface area contributed by atoms with Crippen LogP contribution in [0.5, 0.6) is 0 Å². The molecular formula is C19H12N2O3. The normalized spacial score (nSPS) is 11.0. The number of allylic oxidation sites excluding steroid dienone is 1. The Labute approximate surface area is 138 Å². The lowest BCUT2D eigenvalue weighted by molar-refractivity contribution is -0.384. The van der Waals surface area contributed by atoms with Crippen molar-refractivity contribution >= 4 is 17.3 Å². The van der Waals surface area contributed by atoms with E-state index in [0.717, 1.165) is 5.56 Å². The monoisotopic (exact) mass is 316 g/mol. The first-order valence-electron chi connectivity index (χ1n) is 7.20. The third-order valence-electron chi connectivity index (χ3n) is 3.48. The van der Waals surface area contributed by atoms with Gasteiger partial charge in [-0.1, -0.05) is 42.5 Å². The molecular weight excluding hydrogens is 304 g/mol. The van der Waals surface area contributed by atoms with Gasteiger partial charge in [0.1, 0.15) is 11.5 Å². The van der Waals surface area contributed by atoms with Gasteiger partial charge in [0.15, 0.2) is 0 Å². The molecule has 0 radical (unpaired) electrons. The highest BCUT2D eigenvalue weighted by Gasteiger charge is 2.17. The van der Waals surface area contributed by atoms with Gasteiger partial charge in [-0.05, 0) is 29.8 Å². The van der Waals surface area contributed by atoms with Crippen molar-refractivity contribution in [2.75, 3.05) is 0 Å². The molecule has 5 nitrogen and oxygen atoms in total. The molecule has 0 aliphatic rings. The van der Waals surface area contributed by atoms with Crippen LogP contribution in [0, 0.1) is 21.4 Å². The minimum Gasteiger partial charge on any atom is -0.456 e. The summed E-state index contributed by atoms with van der Waals surface area (Å²) in [7, 11) is 0. The van der Waals surface area contributed by atoms with Crippen LogP contribution in [-0.4, -0.2) is 4.92 Å². The summed E-state index contributed by atoms with van der Waals surface area (Å²) in [5.41, 5.74) is 1.62. The smallest absolute Gasteiger partial charge is 0.280 e. The summed E-state index contributed by atoms with van der Waals surface area (Å²) >= 11 is 0. The van der Waals surface area contributed by atoms with Crippen LogP contribution in [0.15, 0.2) is 71.1 Å². The largest absolute Gasteiger partial charge is 0.456 e. The van der Waals surface area contributed by atoms with Crippen LogP contribution in [-0.2, 0) is 0 Å². The van der Waals surface area contributed by atoms with Crippen LogP contribution in [0.1, 0.15) is 11.3 Å². The van der Waals surface area contributed by atoms with E-state index in [-0.39, 0.29) is 5.69 Å². The molecule has 1 heterocycles. The second-order valence-electron chi connectivity index (χ2n) is 5.01. The molecule has 0 N–H and O–H groups in total. The van der Waals surface area contributed by atoms with Gasteiger partial charge in [-0.3, -0.25) is 10.1 Å². The maximum Gasteiger partial charge on any atom is 0.280 e. The van der Waals surface area contributed by atoms with Gasteiger partial charge >= 0.3 is 0 Å². The predicted octanol–water partition coefficient (Wildman–Crippen LogP) is 4.92. The van der Waals surface area contributed by atoms with Crippen molar-refractivity contribution in [1.29, 1.82) is 5.26 Å². The summed E-state index contributed by atoms with van der Waals surface area (Å²) in [5.74, 6) is 0.849. The number of nitro groups is 1. The Morgan fingerprint density at radius 1 is 1.04 bits per heavy atom. The van der Waals surface area contributed by atoms with E-state index in [9.17, 15) is 15.4 Å². The van der Waals surface area contributed by atoms with Crippen molar-refractivity contribution in [2.24, 2.45) is 0 Å². The molecule has 0 saturated carbocycles. The Bertz CT molecular complexity index is 950. The summed E-state index contributed by atoms with van der Waals surface area (Å²) < 4.78 is 5.68. The molecule has 1 aromatic heterocycles. The SMILES string of the molecule is N#CC(=Cc1ccc(-c2ccccc2[N+](=O)[O-])o1)c1ccccc1. The minimum absolute atomic E-state index is 0.0223. The number of para-hydroxylation sites is 1. The first kappa shape index (κ1) is 15.3. The van der Waals surface area contributed by atoms with Gasteiger partial charge in [0.05, 0.1) is 22.1 Å². The Hall–Kier alpha value is -3.65. The number of benzene rings is 2. The highest BCUT2D eigenvalue weighted by atomic mass is 16.6. The molecule has 0 unspecified atom stereocenters. The van der Waals surface area contributed by atoms with Crippen LogP contribution in [0.3, 0.4) is 0 Å². The van der Waals surface area contributed by atoms with Gasteiger partial charge in [-0.25, -0.2) is 0 Å². The van der Waals surface area contributed by atoms with Crippen molar-refractivity contribution in [1.82, 2.24) is 0 Å². The number of nitro benzene ring substituents is 1. The summed E-state index contributed by atoms with van der Waals surface area (Å²) in [6.07, 6.45) is 1.62. The van der Waals surface area contributed by atoms with Gasteiger partial charge in [-0.2, -0.15) is 5.26 Å². The summed E-state index contributed by atoms with van der Waals surface area (Å²) in [6, 6.07) is 21.1. The lowest BCUT2D eigenvalue weighted by atomic mass is 10.1. The third-order valence-corrected chi connectivity index (χ3v) is 3.48. The topological polar surface area (TPSA) is 80.1 Å². The van der Waals surface area contributed by atoms with Crippen molar-refractivity contribution in [3.05, 3.63) is 88.2 Å². The van der Waals surface area contributed by atoms with Crippen LogP contribution >= 0.6 is 0 Å². The predicted molar refractivity (Wildman–Crippen MR) is 90.7 cm³/mol. The number of nitriles is 1. The van der Waals surface area contributed by atoms with Gasteiger partial charge in [0.2, 0.25) is 0 Å². The zero-order valence-corrected chi connectivity index (χ0v) is 12.5. The Morgan fingerprint density at radius 2 is 1.75 bits per heavy atom. The van der Waals surface area contributed by atoms with E-state index in [0.29, 0.717) is 22.7 Å². The molecule has 0 saturated heterocycles. The fraction of sp³-hybridized carbons (Fsp3) is 0. The lowest BCUT2D eigenvalue weighted by Crippen LogP contribution is -1.90. The molecule has 2 aromatic carbocycles. The second-order valence-corrected chi connectivity index (χ2v) is 5.01. The molecule has 24 heavy (non-hydrogen) atoms. The van der Waals surface area contributed by atoms with E-state index in [1.54, 1.807) is 36.4 Å². The van der Waals surface area contributed by atoms with Crippen LogP contribution in [0.25, 0.3) is 23.0 Å². The highest BCUT2D eigenvalue weighted by molar-refractivity contribution is 5.89. The standard InChI is InChI=1S/C19H12N2O3/c20-13-15(14-6-2-1-3-7-14)12-16-10-11-19(24-16)17-8-4-5-9-18(17)21(22)23/h1-12H. The Balaban J connectivity index is 1.99. The number of hydrogen-bond donors (Lipinski definition) is 0. The van der Waals surface area contributed by atoms with Crippen molar-refractivity contribution in [3.63, 3.8) is 0 Å². The molecule has 0 atom stereocenters. The number of nitrogens with zero attached hydrogens (tertiary/aromatic N) is 2. The maximum atomic E-state index is 11.1. The number of furan rings is 1. The average Bonchev–Trinajstić information content (AvgIpc) is 3.09. The molecule has 3 aromatic rings. The van der Waals surface area contributed by atoms with E-state index in [1.165, 1.54) is 6.07 Å². The quantitative estimate of drug-likeness (QED) is 0.389. The van der Waals surface area contributed by atoms with E-state index >= 15 is 0 Å². The van der Waals surface area contributed by atoms with E-state index in [2.05, 4.69) is 6.07 Å².